The number of carbonyl (C=O) groups is 1. The molecule has 0 unspecified atom stereocenters. The van der Waals surface area contributed by atoms with E-state index in [9.17, 15) is 4.79 Å². The summed E-state index contributed by atoms with van der Waals surface area (Å²) < 4.78 is 5.60. The van der Waals surface area contributed by atoms with Gasteiger partial charge in [-0.25, -0.2) is 4.79 Å². The second kappa shape index (κ2) is 4.37. The van der Waals surface area contributed by atoms with Gasteiger partial charge in [0.1, 0.15) is 0 Å². The molecule has 1 aromatic heterocycles. The highest BCUT2D eigenvalue weighted by atomic mass is 79.9. The Morgan fingerprint density at radius 3 is 2.92 bits per heavy atom. The molecule has 0 aliphatic rings. The maximum Gasteiger partial charge on any atom is 0.341 e. The summed E-state index contributed by atoms with van der Waals surface area (Å²) in [5.41, 5.74) is 1.18. The highest BCUT2D eigenvalue weighted by Gasteiger charge is 2.14. The molecule has 0 aliphatic carbocycles. The minimum absolute atomic E-state index is 0.333. The summed E-state index contributed by atoms with van der Waals surface area (Å²) in [6.07, 6.45) is 1.64. The first kappa shape index (κ1) is 10.2. The monoisotopic (exact) mass is 243 g/mol. The van der Waals surface area contributed by atoms with Gasteiger partial charge in [-0.2, -0.15) is 0 Å². The van der Waals surface area contributed by atoms with Crippen molar-refractivity contribution in [1.82, 2.24) is 4.98 Å². The quantitative estimate of drug-likeness (QED) is 0.749. The van der Waals surface area contributed by atoms with Crippen LogP contribution in [0.2, 0.25) is 0 Å². The third-order valence-electron chi connectivity index (χ3n) is 1.57. The van der Waals surface area contributed by atoms with Crippen molar-refractivity contribution in [2.24, 2.45) is 0 Å². The number of aryl methyl sites for hydroxylation is 1. The van der Waals surface area contributed by atoms with Crippen molar-refractivity contribution in [3.05, 3.63) is 28.0 Å². The predicted molar refractivity (Wildman–Crippen MR) is 52.6 cm³/mol. The number of carbonyl (C=O) groups excluding carboxylic acids is 1. The van der Waals surface area contributed by atoms with Crippen LogP contribution >= 0.6 is 15.9 Å². The van der Waals surface area contributed by atoms with E-state index >= 15 is 0 Å². The van der Waals surface area contributed by atoms with Gasteiger partial charge in [0.15, 0.2) is 0 Å². The van der Waals surface area contributed by atoms with Crippen LogP contribution < -0.4 is 0 Å². The molecule has 1 rings (SSSR count). The van der Waals surface area contributed by atoms with Crippen molar-refractivity contribution in [1.29, 1.82) is 0 Å². The van der Waals surface area contributed by atoms with Gasteiger partial charge >= 0.3 is 5.97 Å². The van der Waals surface area contributed by atoms with Crippen molar-refractivity contribution in [3.63, 3.8) is 0 Å². The van der Waals surface area contributed by atoms with Crippen LogP contribution in [0.1, 0.15) is 23.0 Å². The maximum atomic E-state index is 11.4. The Kier molecular flexibility index (Phi) is 3.42. The first-order chi connectivity index (χ1) is 6.16. The van der Waals surface area contributed by atoms with Gasteiger partial charge in [-0.3, -0.25) is 4.98 Å². The Hall–Kier alpha value is -0.900. The van der Waals surface area contributed by atoms with Gasteiger partial charge in [-0.05, 0) is 35.8 Å². The highest BCUT2D eigenvalue weighted by Crippen LogP contribution is 2.18. The molecule has 0 N–H and O–H groups in total. The predicted octanol–water partition coefficient (Wildman–Crippen LogP) is 2.33. The maximum absolute atomic E-state index is 11.4. The van der Waals surface area contributed by atoms with Gasteiger partial charge in [0.2, 0.25) is 0 Å². The normalized spacial score (nSPS) is 9.77. The topological polar surface area (TPSA) is 39.2 Å². The zero-order valence-corrected chi connectivity index (χ0v) is 9.09. The van der Waals surface area contributed by atoms with Crippen molar-refractivity contribution in [3.8, 4) is 0 Å². The standard InChI is InChI=1S/C9H10BrNO2/c1-3-13-9(12)8-6(2)11-5-4-7(8)10/h4-5H,3H2,1-2H3. The lowest BCUT2D eigenvalue weighted by Crippen LogP contribution is -2.08. The van der Waals surface area contributed by atoms with E-state index in [1.807, 2.05) is 0 Å². The Morgan fingerprint density at radius 1 is 1.69 bits per heavy atom. The summed E-state index contributed by atoms with van der Waals surface area (Å²) in [4.78, 5) is 15.4. The zero-order valence-electron chi connectivity index (χ0n) is 7.50. The molecule has 1 heterocycles. The Bertz CT molecular complexity index is 305. The van der Waals surface area contributed by atoms with Crippen LogP contribution in [0.25, 0.3) is 0 Å². The van der Waals surface area contributed by atoms with E-state index in [2.05, 4.69) is 20.9 Å². The number of ether oxygens (including phenoxy) is 1. The van der Waals surface area contributed by atoms with Crippen molar-refractivity contribution < 1.29 is 9.53 Å². The van der Waals surface area contributed by atoms with Crippen LogP contribution in [0.15, 0.2) is 16.7 Å². The second-order valence-corrected chi connectivity index (χ2v) is 3.33. The summed E-state index contributed by atoms with van der Waals surface area (Å²) in [5, 5.41) is 0. The molecule has 0 radical (unpaired) electrons. The molecule has 0 atom stereocenters. The molecule has 0 aromatic carbocycles. The molecule has 4 heteroatoms. The molecule has 1 aromatic rings. The molecule has 3 nitrogen and oxygen atoms in total. The Labute approximate surface area is 85.3 Å². The van der Waals surface area contributed by atoms with Crippen LogP contribution in [0.3, 0.4) is 0 Å². The Balaban J connectivity index is 3.05. The third-order valence-corrected chi connectivity index (χ3v) is 2.23. The van der Waals surface area contributed by atoms with Gasteiger partial charge in [0.25, 0.3) is 0 Å². The first-order valence-corrected chi connectivity index (χ1v) is 4.74. The summed E-state index contributed by atoms with van der Waals surface area (Å²) >= 11 is 3.28. The molecule has 0 amide bonds. The van der Waals surface area contributed by atoms with Crippen LogP contribution in [0.4, 0.5) is 0 Å². The van der Waals surface area contributed by atoms with Crippen LogP contribution in [-0.4, -0.2) is 17.6 Å². The summed E-state index contributed by atoms with van der Waals surface area (Å²) in [5.74, 6) is -0.333. The fourth-order valence-electron chi connectivity index (χ4n) is 0.984. The Morgan fingerprint density at radius 2 is 2.38 bits per heavy atom. The number of nitrogens with zero attached hydrogens (tertiary/aromatic N) is 1. The SMILES string of the molecule is CCOC(=O)c1c(Br)ccnc1C. The van der Waals surface area contributed by atoms with Gasteiger partial charge in [0, 0.05) is 10.7 Å². The van der Waals surface area contributed by atoms with E-state index in [1.165, 1.54) is 0 Å². The molecule has 0 saturated heterocycles. The van der Waals surface area contributed by atoms with Crippen molar-refractivity contribution in [2.75, 3.05) is 6.61 Å². The number of pyridine rings is 1. The van der Waals surface area contributed by atoms with E-state index in [4.69, 9.17) is 4.74 Å². The summed E-state index contributed by atoms with van der Waals surface area (Å²) in [7, 11) is 0. The summed E-state index contributed by atoms with van der Waals surface area (Å²) in [6, 6.07) is 1.72. The lowest BCUT2D eigenvalue weighted by Gasteiger charge is -2.05. The van der Waals surface area contributed by atoms with E-state index in [1.54, 1.807) is 26.1 Å². The smallest absolute Gasteiger partial charge is 0.341 e. The van der Waals surface area contributed by atoms with E-state index < -0.39 is 0 Å². The van der Waals surface area contributed by atoms with Crippen molar-refractivity contribution >= 4 is 21.9 Å². The zero-order chi connectivity index (χ0) is 9.84. The number of rotatable bonds is 2. The molecule has 13 heavy (non-hydrogen) atoms. The third kappa shape index (κ3) is 2.28. The molecule has 0 spiro atoms. The van der Waals surface area contributed by atoms with Crippen molar-refractivity contribution in [2.45, 2.75) is 13.8 Å². The van der Waals surface area contributed by atoms with E-state index in [0.717, 1.165) is 4.47 Å². The lowest BCUT2D eigenvalue weighted by molar-refractivity contribution is 0.0524. The highest BCUT2D eigenvalue weighted by molar-refractivity contribution is 9.10. The van der Waals surface area contributed by atoms with Gasteiger partial charge in [0.05, 0.1) is 17.9 Å². The number of hydrogen-bond acceptors (Lipinski definition) is 3. The molecule has 0 aliphatic heterocycles. The fourth-order valence-corrected chi connectivity index (χ4v) is 1.55. The average molecular weight is 244 g/mol. The summed E-state index contributed by atoms with van der Waals surface area (Å²) in [6.45, 7) is 3.92. The molecular weight excluding hydrogens is 234 g/mol. The molecule has 0 fully saturated rings. The minimum atomic E-state index is -0.333. The number of halogens is 1. The van der Waals surface area contributed by atoms with Crippen LogP contribution in [0, 0.1) is 6.92 Å². The first-order valence-electron chi connectivity index (χ1n) is 3.95. The largest absolute Gasteiger partial charge is 0.462 e. The lowest BCUT2D eigenvalue weighted by atomic mass is 10.2. The minimum Gasteiger partial charge on any atom is -0.462 e. The molecule has 0 bridgehead atoms. The van der Waals surface area contributed by atoms with Gasteiger partial charge < -0.3 is 4.74 Å². The van der Waals surface area contributed by atoms with E-state index in [0.29, 0.717) is 17.9 Å². The molecule has 70 valence electrons. The molecular formula is C9H10BrNO2. The van der Waals surface area contributed by atoms with Gasteiger partial charge in [-0.15, -0.1) is 0 Å². The average Bonchev–Trinajstić information content (AvgIpc) is 2.04. The number of aromatic nitrogens is 1. The van der Waals surface area contributed by atoms with E-state index in [-0.39, 0.29) is 5.97 Å². The molecule has 0 saturated carbocycles. The second-order valence-electron chi connectivity index (χ2n) is 2.47. The van der Waals surface area contributed by atoms with Gasteiger partial charge in [-0.1, -0.05) is 0 Å². The number of esters is 1. The number of hydrogen-bond donors (Lipinski definition) is 0. The van der Waals surface area contributed by atoms with Crippen LogP contribution in [-0.2, 0) is 4.74 Å². The van der Waals surface area contributed by atoms with Crippen LogP contribution in [0.5, 0.6) is 0 Å². The fraction of sp³-hybridized carbons (Fsp3) is 0.333.